The predicted molar refractivity (Wildman–Crippen MR) is 79.2 cm³/mol. The third-order valence-electron chi connectivity index (χ3n) is 4.42. The Balaban J connectivity index is 2.04. The summed E-state index contributed by atoms with van der Waals surface area (Å²) in [6.07, 6.45) is 1.59. The molecule has 0 amide bonds. The SMILES string of the molecule is COc1ccc(C2(C(C)=O)Cc3ccccc3C2)cc1. The Morgan fingerprint density at radius 1 is 1.00 bits per heavy atom. The molecule has 0 aliphatic heterocycles. The van der Waals surface area contributed by atoms with Crippen LogP contribution in [0, 0.1) is 0 Å². The lowest BCUT2D eigenvalue weighted by Gasteiger charge is -2.26. The number of hydrogen-bond acceptors (Lipinski definition) is 2. The lowest BCUT2D eigenvalue weighted by atomic mass is 9.74. The summed E-state index contributed by atoms with van der Waals surface area (Å²) in [7, 11) is 1.65. The molecule has 3 rings (SSSR count). The first kappa shape index (κ1) is 12.9. The van der Waals surface area contributed by atoms with Gasteiger partial charge in [0, 0.05) is 0 Å². The van der Waals surface area contributed by atoms with E-state index in [0.717, 1.165) is 24.2 Å². The van der Waals surface area contributed by atoms with Crippen molar-refractivity contribution < 1.29 is 9.53 Å². The summed E-state index contributed by atoms with van der Waals surface area (Å²) in [5.74, 6) is 1.06. The van der Waals surface area contributed by atoms with Crippen molar-refractivity contribution in [3.05, 3.63) is 65.2 Å². The Hall–Kier alpha value is -2.09. The molecular weight excluding hydrogens is 248 g/mol. The van der Waals surface area contributed by atoms with Crippen LogP contribution < -0.4 is 4.74 Å². The fourth-order valence-corrected chi connectivity index (χ4v) is 3.18. The van der Waals surface area contributed by atoms with Gasteiger partial charge in [-0.15, -0.1) is 0 Å². The molecule has 0 atom stereocenters. The molecule has 0 heterocycles. The van der Waals surface area contributed by atoms with Gasteiger partial charge in [0.1, 0.15) is 11.5 Å². The zero-order valence-corrected chi connectivity index (χ0v) is 11.8. The molecule has 2 aromatic rings. The van der Waals surface area contributed by atoms with Crippen LogP contribution in [0.5, 0.6) is 5.75 Å². The first-order valence-corrected chi connectivity index (χ1v) is 6.88. The van der Waals surface area contributed by atoms with Crippen molar-refractivity contribution >= 4 is 5.78 Å². The molecule has 0 radical (unpaired) electrons. The first-order valence-electron chi connectivity index (χ1n) is 6.88. The number of carbonyl (C=O) groups excluding carboxylic acids is 1. The second-order valence-electron chi connectivity index (χ2n) is 5.49. The molecule has 0 unspecified atom stereocenters. The number of fused-ring (bicyclic) bond motifs is 1. The van der Waals surface area contributed by atoms with Crippen LogP contribution in [-0.2, 0) is 23.1 Å². The van der Waals surface area contributed by atoms with Gasteiger partial charge < -0.3 is 4.74 Å². The summed E-state index contributed by atoms with van der Waals surface area (Å²) in [4.78, 5) is 12.4. The lowest BCUT2D eigenvalue weighted by molar-refractivity contribution is -0.122. The maximum absolute atomic E-state index is 12.4. The van der Waals surface area contributed by atoms with Crippen LogP contribution in [0.15, 0.2) is 48.5 Å². The average Bonchev–Trinajstić information content (AvgIpc) is 2.88. The Morgan fingerprint density at radius 3 is 2.00 bits per heavy atom. The van der Waals surface area contributed by atoms with E-state index in [1.54, 1.807) is 14.0 Å². The molecule has 2 heteroatoms. The maximum Gasteiger partial charge on any atom is 0.141 e. The predicted octanol–water partition coefficient (Wildman–Crippen LogP) is 3.32. The Morgan fingerprint density at radius 2 is 1.55 bits per heavy atom. The molecular formula is C18H18O2. The van der Waals surface area contributed by atoms with Crippen molar-refractivity contribution in [2.45, 2.75) is 25.2 Å². The van der Waals surface area contributed by atoms with Crippen LogP contribution in [0.25, 0.3) is 0 Å². The van der Waals surface area contributed by atoms with Crippen LogP contribution in [0.2, 0.25) is 0 Å². The van der Waals surface area contributed by atoms with Gasteiger partial charge in [-0.25, -0.2) is 0 Å². The highest BCUT2D eigenvalue weighted by atomic mass is 16.5. The first-order chi connectivity index (χ1) is 9.65. The molecule has 0 fully saturated rings. The standard InChI is InChI=1S/C18H18O2/c1-13(19)18(16-7-9-17(20-2)10-8-16)11-14-5-3-4-6-15(14)12-18/h3-10H,11-12H2,1-2H3. The van der Waals surface area contributed by atoms with E-state index in [1.165, 1.54) is 11.1 Å². The number of carbonyl (C=O) groups is 1. The van der Waals surface area contributed by atoms with E-state index in [4.69, 9.17) is 4.74 Å². The van der Waals surface area contributed by atoms with Gasteiger partial charge in [-0.2, -0.15) is 0 Å². The third kappa shape index (κ3) is 1.92. The summed E-state index contributed by atoms with van der Waals surface area (Å²) < 4.78 is 5.20. The van der Waals surface area contributed by atoms with Crippen molar-refractivity contribution in [3.63, 3.8) is 0 Å². The highest BCUT2D eigenvalue weighted by Crippen LogP contribution is 2.40. The molecule has 2 aromatic carbocycles. The maximum atomic E-state index is 12.4. The van der Waals surface area contributed by atoms with Crippen LogP contribution in [-0.4, -0.2) is 12.9 Å². The molecule has 20 heavy (non-hydrogen) atoms. The summed E-state index contributed by atoms with van der Waals surface area (Å²) in [6.45, 7) is 1.70. The minimum Gasteiger partial charge on any atom is -0.497 e. The Kier molecular flexibility index (Phi) is 3.09. The molecule has 0 saturated carbocycles. The summed E-state index contributed by atoms with van der Waals surface area (Å²) in [5, 5.41) is 0. The smallest absolute Gasteiger partial charge is 0.141 e. The lowest BCUT2D eigenvalue weighted by Crippen LogP contribution is -2.35. The van der Waals surface area contributed by atoms with Gasteiger partial charge in [0.2, 0.25) is 0 Å². The third-order valence-corrected chi connectivity index (χ3v) is 4.42. The van der Waals surface area contributed by atoms with Crippen molar-refractivity contribution in [2.75, 3.05) is 7.11 Å². The van der Waals surface area contributed by atoms with Gasteiger partial charge in [0.05, 0.1) is 12.5 Å². The van der Waals surface area contributed by atoms with E-state index in [9.17, 15) is 4.79 Å². The van der Waals surface area contributed by atoms with Gasteiger partial charge in [0.25, 0.3) is 0 Å². The molecule has 102 valence electrons. The average molecular weight is 266 g/mol. The van der Waals surface area contributed by atoms with Gasteiger partial charge in [0.15, 0.2) is 0 Å². The molecule has 2 nitrogen and oxygen atoms in total. The zero-order valence-electron chi connectivity index (χ0n) is 11.8. The van der Waals surface area contributed by atoms with Gasteiger partial charge >= 0.3 is 0 Å². The molecule has 0 spiro atoms. The van der Waals surface area contributed by atoms with Crippen molar-refractivity contribution in [1.82, 2.24) is 0 Å². The van der Waals surface area contributed by atoms with E-state index < -0.39 is 5.41 Å². The van der Waals surface area contributed by atoms with E-state index in [2.05, 4.69) is 12.1 Å². The number of hydrogen-bond donors (Lipinski definition) is 0. The topological polar surface area (TPSA) is 26.3 Å². The summed E-state index contributed by atoms with van der Waals surface area (Å²) in [5.41, 5.74) is 3.26. The highest BCUT2D eigenvalue weighted by Gasteiger charge is 2.42. The van der Waals surface area contributed by atoms with Crippen LogP contribution in [0.1, 0.15) is 23.6 Å². The minimum atomic E-state index is -0.407. The van der Waals surface area contributed by atoms with E-state index in [-0.39, 0.29) is 5.78 Å². The van der Waals surface area contributed by atoms with Gasteiger partial charge in [-0.3, -0.25) is 4.79 Å². The Bertz CT molecular complexity index is 616. The van der Waals surface area contributed by atoms with E-state index in [0.29, 0.717) is 0 Å². The number of ketones is 1. The van der Waals surface area contributed by atoms with Crippen LogP contribution >= 0.6 is 0 Å². The second kappa shape index (κ2) is 4.78. The highest BCUT2D eigenvalue weighted by molar-refractivity contribution is 5.90. The van der Waals surface area contributed by atoms with Crippen molar-refractivity contribution in [2.24, 2.45) is 0 Å². The normalized spacial score (nSPS) is 15.7. The summed E-state index contributed by atoms with van der Waals surface area (Å²) >= 11 is 0. The van der Waals surface area contributed by atoms with Crippen molar-refractivity contribution in [3.8, 4) is 5.75 Å². The van der Waals surface area contributed by atoms with Crippen LogP contribution in [0.3, 0.4) is 0 Å². The van der Waals surface area contributed by atoms with E-state index >= 15 is 0 Å². The van der Waals surface area contributed by atoms with Gasteiger partial charge in [-0.1, -0.05) is 36.4 Å². The Labute approximate surface area is 119 Å². The number of benzene rings is 2. The minimum absolute atomic E-state index is 0.235. The fraction of sp³-hybridized carbons (Fsp3) is 0.278. The molecule has 0 aromatic heterocycles. The molecule has 1 aliphatic rings. The van der Waals surface area contributed by atoms with Gasteiger partial charge in [-0.05, 0) is 48.6 Å². The summed E-state index contributed by atoms with van der Waals surface area (Å²) in [6, 6.07) is 16.3. The molecule has 0 bridgehead atoms. The number of Topliss-reactive ketones (excluding diaryl/α,β-unsaturated/α-hetero) is 1. The second-order valence-corrected chi connectivity index (χ2v) is 5.49. The largest absolute Gasteiger partial charge is 0.497 e. The molecule has 1 aliphatic carbocycles. The quantitative estimate of drug-likeness (QED) is 0.852. The zero-order chi connectivity index (χ0) is 14.2. The number of methoxy groups -OCH3 is 1. The number of ether oxygens (including phenoxy) is 1. The molecule has 0 N–H and O–H groups in total. The fourth-order valence-electron chi connectivity index (χ4n) is 3.18. The monoisotopic (exact) mass is 266 g/mol. The molecule has 0 saturated heterocycles. The van der Waals surface area contributed by atoms with Crippen molar-refractivity contribution in [1.29, 1.82) is 0 Å². The van der Waals surface area contributed by atoms with Crippen LogP contribution in [0.4, 0.5) is 0 Å². The van der Waals surface area contributed by atoms with E-state index in [1.807, 2.05) is 36.4 Å². The number of rotatable bonds is 3.